The van der Waals surface area contributed by atoms with Crippen LogP contribution in [0.3, 0.4) is 0 Å². The minimum Gasteiger partial charge on any atom is -0.309 e. The Labute approximate surface area is 109 Å². The summed E-state index contributed by atoms with van der Waals surface area (Å²) in [6, 6.07) is 5.54. The Morgan fingerprint density at radius 3 is 3.00 bits per heavy atom. The molecule has 1 aliphatic rings. The van der Waals surface area contributed by atoms with Gasteiger partial charge in [-0.1, -0.05) is 29.3 Å². The minimum absolute atomic E-state index is 0.530. The highest BCUT2D eigenvalue weighted by atomic mass is 35.5. The molecule has 2 aromatic rings. The van der Waals surface area contributed by atoms with Crippen LogP contribution < -0.4 is 5.32 Å². The standard InChI is InChI=1S/C11H10Cl2N4/c12-8-3-1-2-7(10(8)13)11-16-15-9-6-14-4-5-17(9)11/h1-3,14H,4-6H2. The fourth-order valence-electron chi connectivity index (χ4n) is 1.97. The molecular weight excluding hydrogens is 259 g/mol. The summed E-state index contributed by atoms with van der Waals surface area (Å²) in [4.78, 5) is 0. The Kier molecular flexibility index (Phi) is 2.78. The molecule has 1 N–H and O–H groups in total. The third-order valence-electron chi connectivity index (χ3n) is 2.82. The van der Waals surface area contributed by atoms with Crippen LogP contribution in [0, 0.1) is 0 Å². The fourth-order valence-corrected chi connectivity index (χ4v) is 2.35. The summed E-state index contributed by atoms with van der Waals surface area (Å²) in [5, 5.41) is 12.7. The van der Waals surface area contributed by atoms with Gasteiger partial charge < -0.3 is 9.88 Å². The second kappa shape index (κ2) is 4.29. The van der Waals surface area contributed by atoms with E-state index >= 15 is 0 Å². The molecule has 6 heteroatoms. The van der Waals surface area contributed by atoms with Crippen LogP contribution in [0.5, 0.6) is 0 Å². The van der Waals surface area contributed by atoms with Crippen molar-refractivity contribution in [2.24, 2.45) is 0 Å². The van der Waals surface area contributed by atoms with Crippen LogP contribution in [-0.2, 0) is 13.1 Å². The molecule has 0 aliphatic carbocycles. The zero-order valence-electron chi connectivity index (χ0n) is 8.95. The normalized spacial score (nSPS) is 14.7. The summed E-state index contributed by atoms with van der Waals surface area (Å²) in [6.07, 6.45) is 0. The van der Waals surface area contributed by atoms with Crippen LogP contribution in [-0.4, -0.2) is 21.3 Å². The van der Waals surface area contributed by atoms with Gasteiger partial charge in [0.15, 0.2) is 5.82 Å². The topological polar surface area (TPSA) is 42.7 Å². The van der Waals surface area contributed by atoms with E-state index in [-0.39, 0.29) is 0 Å². The molecule has 1 aliphatic heterocycles. The van der Waals surface area contributed by atoms with Crippen LogP contribution in [0.4, 0.5) is 0 Å². The highest BCUT2D eigenvalue weighted by molar-refractivity contribution is 6.43. The molecule has 17 heavy (non-hydrogen) atoms. The SMILES string of the molecule is Clc1cccc(-c2nnc3n2CCNC3)c1Cl. The molecule has 0 saturated carbocycles. The maximum absolute atomic E-state index is 6.20. The first-order valence-electron chi connectivity index (χ1n) is 5.34. The van der Waals surface area contributed by atoms with Gasteiger partial charge in [0, 0.05) is 18.7 Å². The van der Waals surface area contributed by atoms with E-state index in [1.807, 2.05) is 12.1 Å². The minimum atomic E-state index is 0.530. The van der Waals surface area contributed by atoms with E-state index in [0.717, 1.165) is 36.8 Å². The summed E-state index contributed by atoms with van der Waals surface area (Å²) >= 11 is 12.2. The van der Waals surface area contributed by atoms with Crippen molar-refractivity contribution < 1.29 is 0 Å². The maximum atomic E-state index is 6.20. The predicted molar refractivity (Wildman–Crippen MR) is 67.2 cm³/mol. The summed E-state index contributed by atoms with van der Waals surface area (Å²) in [7, 11) is 0. The van der Waals surface area contributed by atoms with E-state index in [9.17, 15) is 0 Å². The molecule has 0 atom stereocenters. The molecular formula is C11H10Cl2N4. The lowest BCUT2D eigenvalue weighted by Gasteiger charge is -2.16. The van der Waals surface area contributed by atoms with Gasteiger partial charge >= 0.3 is 0 Å². The summed E-state index contributed by atoms with van der Waals surface area (Å²) < 4.78 is 2.08. The highest BCUT2D eigenvalue weighted by Gasteiger charge is 2.18. The largest absolute Gasteiger partial charge is 0.309 e. The lowest BCUT2D eigenvalue weighted by molar-refractivity contribution is 0.508. The Bertz CT molecular complexity index is 565. The lowest BCUT2D eigenvalue weighted by Crippen LogP contribution is -2.28. The van der Waals surface area contributed by atoms with E-state index in [1.165, 1.54) is 0 Å². The Balaban J connectivity index is 2.15. The Hall–Kier alpha value is -1.10. The van der Waals surface area contributed by atoms with E-state index in [4.69, 9.17) is 23.2 Å². The Morgan fingerprint density at radius 2 is 2.12 bits per heavy atom. The van der Waals surface area contributed by atoms with Crippen molar-refractivity contribution in [3.8, 4) is 11.4 Å². The quantitative estimate of drug-likeness (QED) is 0.864. The molecule has 0 fully saturated rings. The number of hydrogen-bond acceptors (Lipinski definition) is 3. The molecule has 0 radical (unpaired) electrons. The van der Waals surface area contributed by atoms with E-state index < -0.39 is 0 Å². The first kappa shape index (κ1) is 11.0. The van der Waals surface area contributed by atoms with Gasteiger partial charge in [0.25, 0.3) is 0 Å². The van der Waals surface area contributed by atoms with E-state index in [1.54, 1.807) is 6.07 Å². The molecule has 0 unspecified atom stereocenters. The van der Waals surface area contributed by atoms with Gasteiger partial charge in [0.05, 0.1) is 16.6 Å². The van der Waals surface area contributed by atoms with Crippen molar-refractivity contribution in [1.29, 1.82) is 0 Å². The van der Waals surface area contributed by atoms with Gasteiger partial charge in [0.2, 0.25) is 0 Å². The van der Waals surface area contributed by atoms with Crippen molar-refractivity contribution in [3.63, 3.8) is 0 Å². The number of benzene rings is 1. The van der Waals surface area contributed by atoms with Crippen LogP contribution in [0.15, 0.2) is 18.2 Å². The highest BCUT2D eigenvalue weighted by Crippen LogP contribution is 2.32. The molecule has 4 nitrogen and oxygen atoms in total. The van der Waals surface area contributed by atoms with Gasteiger partial charge in [-0.05, 0) is 12.1 Å². The summed E-state index contributed by atoms with van der Waals surface area (Å²) in [5.41, 5.74) is 0.833. The molecule has 3 rings (SSSR count). The van der Waals surface area contributed by atoms with Gasteiger partial charge in [-0.25, -0.2) is 0 Å². The lowest BCUT2D eigenvalue weighted by atomic mass is 10.2. The molecule has 88 valence electrons. The molecule has 1 aromatic carbocycles. The van der Waals surface area contributed by atoms with Crippen molar-refractivity contribution in [2.45, 2.75) is 13.1 Å². The number of rotatable bonds is 1. The van der Waals surface area contributed by atoms with Crippen molar-refractivity contribution in [1.82, 2.24) is 20.1 Å². The van der Waals surface area contributed by atoms with Gasteiger partial charge in [-0.3, -0.25) is 0 Å². The molecule has 0 bridgehead atoms. The number of nitrogens with zero attached hydrogens (tertiary/aromatic N) is 3. The second-order valence-corrected chi connectivity index (χ2v) is 4.65. The van der Waals surface area contributed by atoms with Crippen LogP contribution in [0.25, 0.3) is 11.4 Å². The number of nitrogens with one attached hydrogen (secondary N) is 1. The average molecular weight is 269 g/mol. The molecule has 1 aromatic heterocycles. The molecule has 0 amide bonds. The predicted octanol–water partition coefficient (Wildman–Crippen LogP) is 2.36. The van der Waals surface area contributed by atoms with E-state index in [2.05, 4.69) is 20.1 Å². The summed E-state index contributed by atoms with van der Waals surface area (Å²) in [6.45, 7) is 2.50. The smallest absolute Gasteiger partial charge is 0.165 e. The number of halogens is 2. The summed E-state index contributed by atoms with van der Waals surface area (Å²) in [5.74, 6) is 1.72. The molecule has 0 saturated heterocycles. The third kappa shape index (κ3) is 1.82. The first-order chi connectivity index (χ1) is 8.27. The first-order valence-corrected chi connectivity index (χ1v) is 6.10. The van der Waals surface area contributed by atoms with Crippen molar-refractivity contribution >= 4 is 23.2 Å². The monoisotopic (exact) mass is 268 g/mol. The number of hydrogen-bond donors (Lipinski definition) is 1. The van der Waals surface area contributed by atoms with Gasteiger partial charge in [0.1, 0.15) is 5.82 Å². The van der Waals surface area contributed by atoms with Crippen molar-refractivity contribution in [2.75, 3.05) is 6.54 Å². The average Bonchev–Trinajstić information content (AvgIpc) is 2.77. The third-order valence-corrected chi connectivity index (χ3v) is 3.63. The van der Waals surface area contributed by atoms with Crippen LogP contribution >= 0.6 is 23.2 Å². The van der Waals surface area contributed by atoms with Crippen molar-refractivity contribution in [3.05, 3.63) is 34.1 Å². The number of fused-ring (bicyclic) bond motifs is 1. The fraction of sp³-hybridized carbons (Fsp3) is 0.273. The maximum Gasteiger partial charge on any atom is 0.165 e. The van der Waals surface area contributed by atoms with E-state index in [0.29, 0.717) is 10.0 Å². The van der Waals surface area contributed by atoms with Crippen LogP contribution in [0.2, 0.25) is 10.0 Å². The van der Waals surface area contributed by atoms with Crippen LogP contribution in [0.1, 0.15) is 5.82 Å². The Morgan fingerprint density at radius 1 is 1.24 bits per heavy atom. The van der Waals surface area contributed by atoms with Gasteiger partial charge in [-0.2, -0.15) is 0 Å². The van der Waals surface area contributed by atoms with Gasteiger partial charge in [-0.15, -0.1) is 10.2 Å². The zero-order chi connectivity index (χ0) is 11.8. The molecule has 2 heterocycles. The zero-order valence-corrected chi connectivity index (χ0v) is 10.5. The number of aromatic nitrogens is 3. The second-order valence-electron chi connectivity index (χ2n) is 3.87. The molecule has 0 spiro atoms.